The molecule has 0 radical (unpaired) electrons. The Labute approximate surface area is 188 Å². The van der Waals surface area contributed by atoms with E-state index in [-0.39, 0.29) is 37.1 Å². The van der Waals surface area contributed by atoms with E-state index in [0.717, 1.165) is 18.2 Å². The molecule has 1 unspecified atom stereocenters. The first-order valence-corrected chi connectivity index (χ1v) is 9.99. The SMILES string of the molecule is CCOC(=O)CC(CCN(C)C(=O)OC(C)(C)C)c1cc(C(F)F)ccc1F.F[B-](F)(F)F. The summed E-state index contributed by atoms with van der Waals surface area (Å²) in [7, 11) is -4.48. The first kappa shape index (κ1) is 30.5. The van der Waals surface area contributed by atoms with E-state index in [1.54, 1.807) is 27.7 Å². The minimum Gasteiger partial charge on any atom is -0.466 e. The quantitative estimate of drug-likeness (QED) is 0.242. The second kappa shape index (κ2) is 13.3. The lowest BCUT2D eigenvalue weighted by Crippen LogP contribution is -2.35. The maximum Gasteiger partial charge on any atom is 0.673 e. The average molecular weight is 490 g/mol. The Morgan fingerprint density at radius 3 is 2.12 bits per heavy atom. The molecule has 0 bridgehead atoms. The molecule has 0 aromatic heterocycles. The standard InChI is InChI=1S/C20H28F3NO4.BF4/c1-6-27-17(25)12-13(9-10-24(5)19(26)28-20(2,3)4)15-11-14(18(22)23)7-8-16(15)21;2-1(3,4)5/h7-8,11,13,18H,6,9-10,12H2,1-5H3;/q;-1. The average Bonchev–Trinajstić information content (AvgIpc) is 2.62. The third kappa shape index (κ3) is 14.3. The van der Waals surface area contributed by atoms with Crippen molar-refractivity contribution in [3.8, 4) is 0 Å². The van der Waals surface area contributed by atoms with Crippen molar-refractivity contribution in [3.05, 3.63) is 35.1 Å². The molecule has 0 N–H and O–H groups in total. The number of benzene rings is 1. The van der Waals surface area contributed by atoms with E-state index >= 15 is 0 Å². The third-order valence-electron chi connectivity index (χ3n) is 3.95. The number of hydrogen-bond acceptors (Lipinski definition) is 4. The first-order chi connectivity index (χ1) is 14.9. The van der Waals surface area contributed by atoms with Crippen molar-refractivity contribution in [1.29, 1.82) is 0 Å². The van der Waals surface area contributed by atoms with E-state index in [2.05, 4.69) is 0 Å². The zero-order chi connectivity index (χ0) is 26.0. The molecule has 190 valence electrons. The Kier molecular flexibility index (Phi) is 12.3. The lowest BCUT2D eigenvalue weighted by atomic mass is 9.90. The van der Waals surface area contributed by atoms with Crippen LogP contribution < -0.4 is 0 Å². The summed E-state index contributed by atoms with van der Waals surface area (Å²) in [5, 5.41) is 0. The molecule has 0 spiro atoms. The summed E-state index contributed by atoms with van der Waals surface area (Å²) in [6, 6.07) is 3.04. The predicted molar refractivity (Wildman–Crippen MR) is 109 cm³/mol. The van der Waals surface area contributed by atoms with Crippen molar-refractivity contribution in [2.45, 2.75) is 58.5 Å². The highest BCUT2D eigenvalue weighted by atomic mass is 19.5. The predicted octanol–water partition coefficient (Wildman–Crippen LogP) is 6.36. The number of halogens is 7. The molecule has 13 heteroatoms. The molecule has 33 heavy (non-hydrogen) atoms. The molecule has 5 nitrogen and oxygen atoms in total. The highest BCUT2D eigenvalue weighted by Gasteiger charge is 2.25. The van der Waals surface area contributed by atoms with Gasteiger partial charge in [-0.3, -0.25) is 4.79 Å². The number of alkyl halides is 2. The molecule has 1 aromatic rings. The summed E-state index contributed by atoms with van der Waals surface area (Å²) in [6.45, 7) is 7.13. The second-order valence-electron chi connectivity index (χ2n) is 7.97. The van der Waals surface area contributed by atoms with E-state index < -0.39 is 43.1 Å². The summed E-state index contributed by atoms with van der Waals surface area (Å²) < 4.78 is 89.5. The van der Waals surface area contributed by atoms with Crippen LogP contribution in [0.4, 0.5) is 35.2 Å². The molecule has 0 saturated heterocycles. The normalized spacial score (nSPS) is 12.5. The Morgan fingerprint density at radius 1 is 1.12 bits per heavy atom. The van der Waals surface area contributed by atoms with Crippen molar-refractivity contribution in [2.24, 2.45) is 0 Å². The van der Waals surface area contributed by atoms with Crippen molar-refractivity contribution in [2.75, 3.05) is 20.2 Å². The molecule has 0 heterocycles. The maximum atomic E-state index is 14.3. The minimum atomic E-state index is -6.00. The molecule has 1 aromatic carbocycles. The van der Waals surface area contributed by atoms with Gasteiger partial charge >= 0.3 is 19.3 Å². The summed E-state index contributed by atoms with van der Waals surface area (Å²) >= 11 is 0. The first-order valence-electron chi connectivity index (χ1n) is 9.99. The lowest BCUT2D eigenvalue weighted by Gasteiger charge is -2.26. The molecule has 0 aliphatic rings. The molecule has 1 atom stereocenters. The fourth-order valence-corrected chi connectivity index (χ4v) is 2.58. The number of hydrogen-bond donors (Lipinski definition) is 0. The molecule has 0 saturated carbocycles. The van der Waals surface area contributed by atoms with Crippen LogP contribution in [-0.2, 0) is 14.3 Å². The van der Waals surface area contributed by atoms with Crippen LogP contribution >= 0.6 is 0 Å². The number of amides is 1. The van der Waals surface area contributed by atoms with Gasteiger partial charge in [-0.15, -0.1) is 0 Å². The van der Waals surface area contributed by atoms with E-state index in [0.29, 0.717) is 0 Å². The Hall–Kier alpha value is -2.47. The zero-order valence-electron chi connectivity index (χ0n) is 19.0. The fraction of sp³-hybridized carbons (Fsp3) is 0.600. The summed E-state index contributed by atoms with van der Waals surface area (Å²) in [4.78, 5) is 25.3. The topological polar surface area (TPSA) is 55.8 Å². The number of rotatable bonds is 8. The Balaban J connectivity index is 0.00000184. The smallest absolute Gasteiger partial charge is 0.466 e. The zero-order valence-corrected chi connectivity index (χ0v) is 19.0. The van der Waals surface area contributed by atoms with Crippen LogP contribution in [0, 0.1) is 5.82 Å². The van der Waals surface area contributed by atoms with E-state index in [1.165, 1.54) is 11.9 Å². The van der Waals surface area contributed by atoms with Gasteiger partial charge in [-0.25, -0.2) is 18.0 Å². The van der Waals surface area contributed by atoms with Gasteiger partial charge in [-0.1, -0.05) is 6.07 Å². The molecule has 1 rings (SSSR count). The molecule has 0 fully saturated rings. The molecular weight excluding hydrogens is 462 g/mol. The van der Waals surface area contributed by atoms with Crippen molar-refractivity contribution in [3.63, 3.8) is 0 Å². The van der Waals surface area contributed by atoms with Gasteiger partial charge in [0.1, 0.15) is 11.4 Å². The van der Waals surface area contributed by atoms with Crippen LogP contribution in [0.3, 0.4) is 0 Å². The van der Waals surface area contributed by atoms with E-state index in [1.807, 2.05) is 0 Å². The van der Waals surface area contributed by atoms with E-state index in [4.69, 9.17) is 9.47 Å². The van der Waals surface area contributed by atoms with Crippen LogP contribution in [0.2, 0.25) is 0 Å². The van der Waals surface area contributed by atoms with Gasteiger partial charge in [0.25, 0.3) is 6.43 Å². The van der Waals surface area contributed by atoms with Gasteiger partial charge in [0.2, 0.25) is 0 Å². The number of esters is 1. The van der Waals surface area contributed by atoms with Crippen LogP contribution in [-0.4, -0.2) is 50.0 Å². The highest BCUT2D eigenvalue weighted by molar-refractivity contribution is 6.50. The van der Waals surface area contributed by atoms with Crippen LogP contribution in [0.25, 0.3) is 0 Å². The van der Waals surface area contributed by atoms with Gasteiger partial charge in [-0.2, -0.15) is 0 Å². The molecule has 0 aliphatic carbocycles. The van der Waals surface area contributed by atoms with Gasteiger partial charge in [0.05, 0.1) is 13.0 Å². The molecule has 1 amide bonds. The van der Waals surface area contributed by atoms with Gasteiger partial charge in [0.15, 0.2) is 0 Å². The van der Waals surface area contributed by atoms with Crippen LogP contribution in [0.1, 0.15) is 64.0 Å². The van der Waals surface area contributed by atoms with Crippen LogP contribution in [0.15, 0.2) is 18.2 Å². The highest BCUT2D eigenvalue weighted by Crippen LogP contribution is 2.30. The maximum absolute atomic E-state index is 14.3. The molecular formula is C20H28BF7NO4-. The number of nitrogens with zero attached hydrogens (tertiary/aromatic N) is 1. The minimum absolute atomic E-state index is 0.00319. The third-order valence-corrected chi connectivity index (χ3v) is 3.95. The fourth-order valence-electron chi connectivity index (χ4n) is 2.58. The van der Waals surface area contributed by atoms with Crippen LogP contribution in [0.5, 0.6) is 0 Å². The molecule has 0 aliphatic heterocycles. The number of carbonyl (C=O) groups excluding carboxylic acids is 2. The summed E-state index contributed by atoms with van der Waals surface area (Å²) in [5.74, 6) is -1.96. The van der Waals surface area contributed by atoms with Gasteiger partial charge < -0.3 is 31.6 Å². The largest absolute Gasteiger partial charge is 0.673 e. The van der Waals surface area contributed by atoms with Crippen molar-refractivity contribution < 1.29 is 49.5 Å². The van der Waals surface area contributed by atoms with E-state index in [9.17, 15) is 40.0 Å². The second-order valence-corrected chi connectivity index (χ2v) is 7.97. The Morgan fingerprint density at radius 2 is 1.67 bits per heavy atom. The number of ether oxygens (including phenoxy) is 2. The lowest BCUT2D eigenvalue weighted by molar-refractivity contribution is -0.143. The monoisotopic (exact) mass is 490 g/mol. The summed E-state index contributed by atoms with van der Waals surface area (Å²) in [6.07, 6.45) is -3.33. The number of carbonyl (C=O) groups is 2. The Bertz CT molecular complexity index is 764. The van der Waals surface area contributed by atoms with Gasteiger partial charge in [0, 0.05) is 19.2 Å². The summed E-state index contributed by atoms with van der Waals surface area (Å²) in [5.41, 5.74) is -0.998. The van der Waals surface area contributed by atoms with Gasteiger partial charge in [-0.05, 0) is 57.7 Å². The van der Waals surface area contributed by atoms with Crippen molar-refractivity contribution >= 4 is 19.3 Å². The van der Waals surface area contributed by atoms with Crippen molar-refractivity contribution in [1.82, 2.24) is 4.90 Å².